The topological polar surface area (TPSA) is 56.5 Å². The van der Waals surface area contributed by atoms with Crippen molar-refractivity contribution in [1.29, 1.82) is 0 Å². The molecule has 5 heteroatoms. The third-order valence-electron chi connectivity index (χ3n) is 9.65. The van der Waals surface area contributed by atoms with Gasteiger partial charge in [0.2, 0.25) is 0 Å². The predicted molar refractivity (Wildman–Crippen MR) is 209 cm³/mol. The first kappa shape index (κ1) is 29.0. The van der Waals surface area contributed by atoms with Crippen LogP contribution in [0.1, 0.15) is 0 Å². The molecule has 0 atom stereocenters. The molecule has 5 nitrogen and oxygen atoms in total. The predicted octanol–water partition coefficient (Wildman–Crippen LogP) is 11.3. The highest BCUT2D eigenvalue weighted by atomic mass is 15.0. The molecule has 0 saturated carbocycles. The fraction of sp³-hybridized carbons (Fsp3) is 0. The number of fused-ring (bicyclic) bond motifs is 7. The first-order chi connectivity index (χ1) is 25.3. The second-order valence-corrected chi connectivity index (χ2v) is 12.7. The number of aromatic nitrogens is 5. The first-order valence-corrected chi connectivity index (χ1v) is 17.1. The number of benzene rings is 6. The molecule has 10 aromatic rings. The fourth-order valence-electron chi connectivity index (χ4n) is 7.33. The number of rotatable bonds is 5. The van der Waals surface area contributed by atoms with Gasteiger partial charge in [-0.05, 0) is 48.5 Å². The molecule has 0 amide bonds. The van der Waals surface area contributed by atoms with Gasteiger partial charge in [-0.15, -0.1) is 0 Å². The lowest BCUT2D eigenvalue weighted by molar-refractivity contribution is 1.16. The number of para-hydroxylation sites is 2. The Morgan fingerprint density at radius 1 is 0.392 bits per heavy atom. The number of hydrogen-bond donors (Lipinski definition) is 0. The van der Waals surface area contributed by atoms with Crippen LogP contribution in [0, 0.1) is 0 Å². The molecule has 51 heavy (non-hydrogen) atoms. The summed E-state index contributed by atoms with van der Waals surface area (Å²) in [4.78, 5) is 19.7. The summed E-state index contributed by atoms with van der Waals surface area (Å²) in [7, 11) is 0. The van der Waals surface area contributed by atoms with Crippen molar-refractivity contribution in [2.24, 2.45) is 0 Å². The maximum atomic E-state index is 5.19. The Labute approximate surface area is 294 Å². The number of hydrogen-bond acceptors (Lipinski definition) is 4. The van der Waals surface area contributed by atoms with Gasteiger partial charge in [-0.3, -0.25) is 4.98 Å². The maximum absolute atomic E-state index is 5.19. The van der Waals surface area contributed by atoms with Crippen molar-refractivity contribution < 1.29 is 0 Å². The van der Waals surface area contributed by atoms with Gasteiger partial charge in [-0.25, -0.2) is 15.0 Å². The second kappa shape index (κ2) is 11.9. The quantitative estimate of drug-likeness (QED) is 0.174. The van der Waals surface area contributed by atoms with E-state index in [0.717, 1.165) is 72.5 Å². The van der Waals surface area contributed by atoms with E-state index in [0.29, 0.717) is 5.82 Å². The van der Waals surface area contributed by atoms with E-state index in [-0.39, 0.29) is 0 Å². The summed E-state index contributed by atoms with van der Waals surface area (Å²) in [5.41, 5.74) is 10.9. The molecule has 0 N–H and O–H groups in total. The average molecular weight is 652 g/mol. The van der Waals surface area contributed by atoms with Crippen LogP contribution in [-0.4, -0.2) is 24.5 Å². The van der Waals surface area contributed by atoms with Crippen LogP contribution in [0.2, 0.25) is 0 Å². The second-order valence-electron chi connectivity index (χ2n) is 12.7. The van der Waals surface area contributed by atoms with Crippen molar-refractivity contribution in [3.8, 4) is 51.0 Å². The third-order valence-corrected chi connectivity index (χ3v) is 9.65. The molecule has 238 valence electrons. The summed E-state index contributed by atoms with van der Waals surface area (Å²) in [6.07, 6.45) is 1.80. The van der Waals surface area contributed by atoms with E-state index in [4.69, 9.17) is 15.0 Å². The van der Waals surface area contributed by atoms with Crippen molar-refractivity contribution in [1.82, 2.24) is 24.5 Å². The molecule has 0 radical (unpaired) electrons. The van der Waals surface area contributed by atoms with Gasteiger partial charge < -0.3 is 4.57 Å². The van der Waals surface area contributed by atoms with Crippen molar-refractivity contribution in [3.05, 3.63) is 176 Å². The summed E-state index contributed by atoms with van der Waals surface area (Å²) in [6.45, 7) is 0. The molecule has 6 aromatic carbocycles. The smallest absolute Gasteiger partial charge is 0.160 e. The SMILES string of the molecule is c1ccc(-c2nc(-c3ccc(-n4c5ccccc5c5c6c(ccc54)c(-c4ccccc4)nc4ccccc46)cc3)cc(-c3ccccn3)n2)cc1. The first-order valence-electron chi connectivity index (χ1n) is 17.1. The van der Waals surface area contributed by atoms with E-state index in [1.165, 1.54) is 16.2 Å². The standard InChI is InChI=1S/C46H29N5/c1-3-13-31(14-4-1)45-36-26-27-42-44(43(36)34-17-7-9-19-37(34)48-45)35-18-8-10-21-41(35)51(42)33-24-22-30(23-25-33)39-29-40(38-20-11-12-28-47-38)50-46(49-39)32-15-5-2-6-16-32/h1-29H. The summed E-state index contributed by atoms with van der Waals surface area (Å²) >= 11 is 0. The van der Waals surface area contributed by atoms with Gasteiger partial charge in [0.25, 0.3) is 0 Å². The van der Waals surface area contributed by atoms with Gasteiger partial charge in [0.05, 0.1) is 39.3 Å². The van der Waals surface area contributed by atoms with E-state index in [2.05, 4.69) is 125 Å². The molecule has 0 aliphatic heterocycles. The summed E-state index contributed by atoms with van der Waals surface area (Å²) in [6, 6.07) is 58.9. The van der Waals surface area contributed by atoms with E-state index >= 15 is 0 Å². The van der Waals surface area contributed by atoms with Crippen LogP contribution in [0.5, 0.6) is 0 Å². The molecule has 0 saturated heterocycles. The summed E-state index contributed by atoms with van der Waals surface area (Å²) < 4.78 is 2.37. The van der Waals surface area contributed by atoms with Crippen LogP contribution in [0.3, 0.4) is 0 Å². The highest BCUT2D eigenvalue weighted by Gasteiger charge is 2.19. The van der Waals surface area contributed by atoms with Crippen LogP contribution in [0.15, 0.2) is 176 Å². The third kappa shape index (κ3) is 4.86. The Morgan fingerprint density at radius 2 is 1.08 bits per heavy atom. The van der Waals surface area contributed by atoms with Crippen LogP contribution in [0.4, 0.5) is 0 Å². The zero-order valence-electron chi connectivity index (χ0n) is 27.5. The molecule has 0 bridgehead atoms. The van der Waals surface area contributed by atoms with E-state index in [9.17, 15) is 0 Å². The lowest BCUT2D eigenvalue weighted by Gasteiger charge is -2.13. The summed E-state index contributed by atoms with van der Waals surface area (Å²) in [5, 5.41) is 5.96. The van der Waals surface area contributed by atoms with Crippen LogP contribution >= 0.6 is 0 Å². The van der Waals surface area contributed by atoms with E-state index < -0.39 is 0 Å². The van der Waals surface area contributed by atoms with Gasteiger partial charge in [0, 0.05) is 55.5 Å². The largest absolute Gasteiger partial charge is 0.309 e. The maximum Gasteiger partial charge on any atom is 0.160 e. The minimum Gasteiger partial charge on any atom is -0.309 e. The molecule has 0 spiro atoms. The highest BCUT2D eigenvalue weighted by molar-refractivity contribution is 6.29. The van der Waals surface area contributed by atoms with Gasteiger partial charge >= 0.3 is 0 Å². The normalized spacial score (nSPS) is 11.5. The van der Waals surface area contributed by atoms with Crippen LogP contribution < -0.4 is 0 Å². The lowest BCUT2D eigenvalue weighted by Crippen LogP contribution is -1.97. The molecular formula is C46H29N5. The Morgan fingerprint density at radius 3 is 1.86 bits per heavy atom. The Bertz CT molecular complexity index is 2820. The minimum absolute atomic E-state index is 0.670. The Balaban J connectivity index is 1.17. The molecule has 4 heterocycles. The lowest BCUT2D eigenvalue weighted by atomic mass is 9.96. The monoisotopic (exact) mass is 651 g/mol. The molecule has 0 aliphatic carbocycles. The van der Waals surface area contributed by atoms with Crippen molar-refractivity contribution in [2.75, 3.05) is 0 Å². The molecule has 10 rings (SSSR count). The van der Waals surface area contributed by atoms with E-state index in [1.807, 2.05) is 54.6 Å². The zero-order chi connectivity index (χ0) is 33.7. The van der Waals surface area contributed by atoms with Crippen LogP contribution in [0.25, 0.3) is 94.5 Å². The Hall–Kier alpha value is -6.98. The molecule has 4 aromatic heterocycles. The van der Waals surface area contributed by atoms with Gasteiger partial charge in [0.15, 0.2) is 5.82 Å². The van der Waals surface area contributed by atoms with E-state index in [1.54, 1.807) is 6.20 Å². The highest BCUT2D eigenvalue weighted by Crippen LogP contribution is 2.42. The van der Waals surface area contributed by atoms with Gasteiger partial charge in [-0.2, -0.15) is 0 Å². The van der Waals surface area contributed by atoms with Crippen molar-refractivity contribution in [3.63, 3.8) is 0 Å². The number of nitrogens with zero attached hydrogens (tertiary/aromatic N) is 5. The molecular weight excluding hydrogens is 623 g/mol. The van der Waals surface area contributed by atoms with Crippen molar-refractivity contribution in [2.45, 2.75) is 0 Å². The van der Waals surface area contributed by atoms with Crippen molar-refractivity contribution >= 4 is 43.5 Å². The number of pyridine rings is 2. The Kier molecular flexibility index (Phi) is 6.74. The average Bonchev–Trinajstić information content (AvgIpc) is 3.56. The fourth-order valence-corrected chi connectivity index (χ4v) is 7.33. The van der Waals surface area contributed by atoms with Gasteiger partial charge in [-0.1, -0.05) is 121 Å². The zero-order valence-corrected chi connectivity index (χ0v) is 27.5. The molecule has 0 unspecified atom stereocenters. The molecule has 0 fully saturated rings. The summed E-state index contributed by atoms with van der Waals surface area (Å²) in [5.74, 6) is 0.670. The minimum atomic E-state index is 0.670. The molecule has 0 aliphatic rings. The van der Waals surface area contributed by atoms with Gasteiger partial charge in [0.1, 0.15) is 0 Å². The van der Waals surface area contributed by atoms with Crippen LogP contribution in [-0.2, 0) is 0 Å².